The number of alkyl halides is 3. The normalized spacial score (nSPS) is 12.0. The average molecular weight is 412 g/mol. The van der Waals surface area contributed by atoms with E-state index in [9.17, 15) is 18.0 Å². The summed E-state index contributed by atoms with van der Waals surface area (Å²) in [6, 6.07) is 5.47. The number of thiazole rings is 1. The van der Waals surface area contributed by atoms with Crippen LogP contribution in [0.3, 0.4) is 0 Å². The lowest BCUT2D eigenvalue weighted by Crippen LogP contribution is -2.19. The molecule has 4 heterocycles. The summed E-state index contributed by atoms with van der Waals surface area (Å²) >= 11 is 6.82. The van der Waals surface area contributed by atoms with Gasteiger partial charge in [-0.25, -0.2) is 4.98 Å². The van der Waals surface area contributed by atoms with Crippen molar-refractivity contribution in [2.24, 2.45) is 0 Å². The summed E-state index contributed by atoms with van der Waals surface area (Å²) < 4.78 is 41.3. The second-order valence-electron chi connectivity index (χ2n) is 5.57. The van der Waals surface area contributed by atoms with Crippen LogP contribution in [0.15, 0.2) is 46.8 Å². The predicted molar refractivity (Wildman–Crippen MR) is 93.9 cm³/mol. The third kappa shape index (κ3) is 3.33. The summed E-state index contributed by atoms with van der Waals surface area (Å²) in [7, 11) is 0. The van der Waals surface area contributed by atoms with Crippen molar-refractivity contribution < 1.29 is 13.2 Å². The number of halogens is 4. The fourth-order valence-corrected chi connectivity index (χ4v) is 3.77. The molecule has 4 aromatic heterocycles. The molecule has 4 rings (SSSR count). The van der Waals surface area contributed by atoms with E-state index in [-0.39, 0.29) is 17.4 Å². The molecular weight excluding hydrogens is 403 g/mol. The third-order valence-corrected chi connectivity index (χ3v) is 4.78. The Morgan fingerprint density at radius 3 is 2.78 bits per heavy atom. The van der Waals surface area contributed by atoms with Gasteiger partial charge in [-0.05, 0) is 12.1 Å². The highest BCUT2D eigenvalue weighted by molar-refractivity contribution is 7.15. The Hall–Kier alpha value is -2.72. The molecule has 0 fully saturated rings. The summed E-state index contributed by atoms with van der Waals surface area (Å²) in [5.74, 6) is 0. The average Bonchev–Trinajstić information content (AvgIpc) is 3.19. The van der Waals surface area contributed by atoms with Crippen molar-refractivity contribution >= 4 is 27.9 Å². The molecule has 0 amide bonds. The highest BCUT2D eigenvalue weighted by Crippen LogP contribution is 2.31. The van der Waals surface area contributed by atoms with Gasteiger partial charge >= 0.3 is 6.18 Å². The zero-order valence-corrected chi connectivity index (χ0v) is 14.9. The van der Waals surface area contributed by atoms with Crippen LogP contribution in [0.5, 0.6) is 0 Å². The largest absolute Gasteiger partial charge is 0.433 e. The van der Waals surface area contributed by atoms with Crippen LogP contribution >= 0.6 is 22.9 Å². The van der Waals surface area contributed by atoms with Gasteiger partial charge in [-0.1, -0.05) is 11.6 Å². The first-order valence-electron chi connectivity index (χ1n) is 7.54. The van der Waals surface area contributed by atoms with E-state index in [0.29, 0.717) is 15.3 Å². The summed E-state index contributed by atoms with van der Waals surface area (Å²) in [5, 5.41) is 5.11. The summed E-state index contributed by atoms with van der Waals surface area (Å²) in [6.07, 6.45) is -1.39. The molecular formula is C16H9ClF3N5OS. The molecule has 0 saturated carbocycles. The van der Waals surface area contributed by atoms with Gasteiger partial charge in [0.1, 0.15) is 5.69 Å². The van der Waals surface area contributed by atoms with Crippen LogP contribution in [0.25, 0.3) is 16.2 Å². The molecule has 27 heavy (non-hydrogen) atoms. The molecule has 4 aromatic rings. The van der Waals surface area contributed by atoms with Crippen molar-refractivity contribution in [3.05, 3.63) is 68.9 Å². The number of fused-ring (bicyclic) bond motifs is 1. The number of hydrogen-bond donors (Lipinski definition) is 0. The highest BCUT2D eigenvalue weighted by Gasteiger charge is 2.35. The Balaban J connectivity index is 1.77. The second-order valence-corrected chi connectivity index (χ2v) is 6.80. The fourth-order valence-electron chi connectivity index (χ4n) is 2.65. The number of rotatable bonds is 3. The fraction of sp³-hybridized carbons (Fsp3) is 0.125. The van der Waals surface area contributed by atoms with E-state index in [0.717, 1.165) is 11.6 Å². The van der Waals surface area contributed by atoms with Gasteiger partial charge in [0.25, 0.3) is 5.56 Å². The van der Waals surface area contributed by atoms with Gasteiger partial charge in [-0.3, -0.25) is 18.9 Å². The molecule has 0 radical (unpaired) electrons. The first-order valence-corrected chi connectivity index (χ1v) is 8.80. The SMILES string of the molecule is O=c1cc(Cn2nc(Cl)cc2C(F)(F)F)nc2scc(-c3cccnc3)n12. The Morgan fingerprint density at radius 1 is 1.26 bits per heavy atom. The summed E-state index contributed by atoms with van der Waals surface area (Å²) in [5.41, 5.74) is 0.104. The molecule has 0 N–H and O–H groups in total. The molecule has 138 valence electrons. The predicted octanol–water partition coefficient (Wildman–Crippen LogP) is 3.74. The van der Waals surface area contributed by atoms with E-state index < -0.39 is 17.4 Å². The van der Waals surface area contributed by atoms with Gasteiger partial charge in [-0.15, -0.1) is 11.3 Å². The number of hydrogen-bond acceptors (Lipinski definition) is 5. The molecule has 0 spiro atoms. The Morgan fingerprint density at radius 2 is 2.07 bits per heavy atom. The van der Waals surface area contributed by atoms with Gasteiger partial charge in [0, 0.05) is 35.5 Å². The van der Waals surface area contributed by atoms with Gasteiger partial charge in [0.15, 0.2) is 10.1 Å². The maximum absolute atomic E-state index is 13.1. The Labute approximate surface area is 158 Å². The first-order chi connectivity index (χ1) is 12.8. The standard InChI is InChI=1S/C16H9ClF3N5OS/c17-13-5-12(16(18,19)20)24(23-13)7-10-4-14(26)25-11(8-27-15(25)22-10)9-2-1-3-21-6-9/h1-6,8H,7H2. The van der Waals surface area contributed by atoms with Crippen molar-refractivity contribution in [2.75, 3.05) is 0 Å². The molecule has 0 aromatic carbocycles. The van der Waals surface area contributed by atoms with Gasteiger partial charge in [0.2, 0.25) is 0 Å². The number of aromatic nitrogens is 5. The zero-order chi connectivity index (χ0) is 19.2. The van der Waals surface area contributed by atoms with Crippen molar-refractivity contribution in [3.63, 3.8) is 0 Å². The molecule has 6 nitrogen and oxygen atoms in total. The smallest absolute Gasteiger partial charge is 0.269 e. The molecule has 0 atom stereocenters. The lowest BCUT2D eigenvalue weighted by Gasteiger charge is -2.10. The number of nitrogens with zero attached hydrogens (tertiary/aromatic N) is 5. The highest BCUT2D eigenvalue weighted by atomic mass is 35.5. The summed E-state index contributed by atoms with van der Waals surface area (Å²) in [4.78, 5) is 21.3. The topological polar surface area (TPSA) is 65.1 Å². The Kier molecular flexibility index (Phi) is 4.23. The Bertz CT molecular complexity index is 1180. The third-order valence-electron chi connectivity index (χ3n) is 3.77. The molecule has 0 bridgehead atoms. The molecule has 0 aliphatic heterocycles. The van der Waals surface area contributed by atoms with Crippen molar-refractivity contribution in [1.29, 1.82) is 0 Å². The van der Waals surface area contributed by atoms with Gasteiger partial charge < -0.3 is 0 Å². The first kappa shape index (κ1) is 17.7. The monoisotopic (exact) mass is 411 g/mol. The van der Waals surface area contributed by atoms with Crippen molar-refractivity contribution in [2.45, 2.75) is 12.7 Å². The van der Waals surface area contributed by atoms with E-state index in [1.165, 1.54) is 21.8 Å². The maximum atomic E-state index is 13.1. The summed E-state index contributed by atoms with van der Waals surface area (Å²) in [6.45, 7) is -0.326. The van der Waals surface area contributed by atoms with Crippen LogP contribution < -0.4 is 5.56 Å². The van der Waals surface area contributed by atoms with E-state index in [2.05, 4.69) is 15.1 Å². The minimum absolute atomic E-state index is 0.157. The van der Waals surface area contributed by atoms with E-state index in [1.807, 2.05) is 0 Å². The van der Waals surface area contributed by atoms with Crippen LogP contribution in [0.1, 0.15) is 11.4 Å². The maximum Gasteiger partial charge on any atom is 0.433 e. The lowest BCUT2D eigenvalue weighted by atomic mass is 10.2. The van der Waals surface area contributed by atoms with E-state index in [4.69, 9.17) is 11.6 Å². The number of pyridine rings is 1. The molecule has 0 unspecified atom stereocenters. The minimum atomic E-state index is -4.62. The van der Waals surface area contributed by atoms with Crippen LogP contribution in [0.4, 0.5) is 13.2 Å². The van der Waals surface area contributed by atoms with Crippen LogP contribution in [0.2, 0.25) is 5.15 Å². The van der Waals surface area contributed by atoms with E-state index >= 15 is 0 Å². The van der Waals surface area contributed by atoms with Crippen LogP contribution in [-0.2, 0) is 12.7 Å². The van der Waals surface area contributed by atoms with E-state index in [1.54, 1.807) is 29.9 Å². The van der Waals surface area contributed by atoms with Gasteiger partial charge in [0.05, 0.1) is 17.9 Å². The minimum Gasteiger partial charge on any atom is -0.269 e. The molecule has 0 saturated heterocycles. The van der Waals surface area contributed by atoms with Gasteiger partial charge in [-0.2, -0.15) is 18.3 Å². The lowest BCUT2D eigenvalue weighted by molar-refractivity contribution is -0.144. The molecule has 11 heteroatoms. The quantitative estimate of drug-likeness (QED) is 0.515. The second kappa shape index (κ2) is 6.46. The van der Waals surface area contributed by atoms with Crippen molar-refractivity contribution in [3.8, 4) is 11.3 Å². The molecule has 0 aliphatic rings. The zero-order valence-electron chi connectivity index (χ0n) is 13.3. The van der Waals surface area contributed by atoms with Crippen molar-refractivity contribution in [1.82, 2.24) is 24.1 Å². The van der Waals surface area contributed by atoms with Crippen LogP contribution in [0, 0.1) is 0 Å². The van der Waals surface area contributed by atoms with Crippen LogP contribution in [-0.4, -0.2) is 24.1 Å². The molecule has 0 aliphatic carbocycles.